The minimum atomic E-state index is -1.12. The number of nitriles is 1. The number of nitrogens with one attached hydrogen (secondary N) is 1. The highest BCUT2D eigenvalue weighted by molar-refractivity contribution is 6.76. The van der Waals surface area contributed by atoms with Crippen LogP contribution in [0.25, 0.3) is 22.3 Å². The van der Waals surface area contributed by atoms with Crippen LogP contribution in [0, 0.1) is 11.3 Å². The number of hydrogen-bond donors (Lipinski definition) is 1. The van der Waals surface area contributed by atoms with Crippen LogP contribution in [-0.2, 0) is 17.0 Å². The maximum atomic E-state index is 9.67. The van der Waals surface area contributed by atoms with Crippen molar-refractivity contribution in [1.82, 2.24) is 34.5 Å². The molecule has 0 saturated carbocycles. The zero-order valence-electron chi connectivity index (χ0n) is 23.5. The number of piperidine rings is 1. The van der Waals surface area contributed by atoms with E-state index in [1.807, 2.05) is 21.6 Å². The van der Waals surface area contributed by atoms with Gasteiger partial charge in [0, 0.05) is 69.2 Å². The van der Waals surface area contributed by atoms with Gasteiger partial charge in [-0.15, -0.1) is 37.2 Å². The molecule has 0 aliphatic carbocycles. The number of ether oxygens (including phenoxy) is 1. The van der Waals surface area contributed by atoms with Crippen molar-refractivity contribution in [3.05, 3.63) is 31.0 Å². The molecule has 220 valence electrons. The molecule has 2 bridgehead atoms. The predicted octanol–water partition coefficient (Wildman–Crippen LogP) is 5.08. The molecule has 0 radical (unpaired) electrons. The van der Waals surface area contributed by atoms with Crippen LogP contribution in [0.4, 0.5) is 0 Å². The lowest BCUT2D eigenvalue weighted by Gasteiger charge is -2.53. The van der Waals surface area contributed by atoms with Crippen molar-refractivity contribution < 1.29 is 4.74 Å². The molecule has 9 nitrogen and oxygen atoms in total. The molecule has 2 atom stereocenters. The van der Waals surface area contributed by atoms with Gasteiger partial charge in [-0.2, -0.15) is 10.4 Å². The van der Waals surface area contributed by atoms with E-state index in [4.69, 9.17) is 9.84 Å². The molecule has 40 heavy (non-hydrogen) atoms. The van der Waals surface area contributed by atoms with E-state index in [0.717, 1.165) is 48.0 Å². The Morgan fingerprint density at radius 2 is 1.85 bits per heavy atom. The summed E-state index contributed by atoms with van der Waals surface area (Å²) in [5, 5.41) is 19.2. The van der Waals surface area contributed by atoms with Crippen LogP contribution < -0.4 is 5.32 Å². The zero-order chi connectivity index (χ0) is 25.6. The minimum absolute atomic E-state index is 0. The van der Waals surface area contributed by atoms with E-state index < -0.39 is 8.07 Å². The van der Waals surface area contributed by atoms with Crippen LogP contribution in [0.2, 0.25) is 25.7 Å². The van der Waals surface area contributed by atoms with Gasteiger partial charge in [0.2, 0.25) is 0 Å². The normalized spacial score (nSPS) is 23.4. The van der Waals surface area contributed by atoms with Crippen molar-refractivity contribution in [3.8, 4) is 17.3 Å². The molecule has 2 unspecified atom stereocenters. The van der Waals surface area contributed by atoms with E-state index in [1.54, 1.807) is 6.33 Å². The minimum Gasteiger partial charge on any atom is -0.361 e. The van der Waals surface area contributed by atoms with Gasteiger partial charge >= 0.3 is 0 Å². The second-order valence-corrected chi connectivity index (χ2v) is 18.1. The Hall–Kier alpha value is -1.71. The molecule has 6 rings (SSSR count). The largest absolute Gasteiger partial charge is 0.361 e. The SMILES string of the molecule is C[Si](C)(C)CCOCn1ccc2c(-c3cnn(C4(CC#N)CN(C5CC6CCC(C5)N6)C4)c3)ncnc21.Cl.Cl.Cl. The van der Waals surface area contributed by atoms with Crippen LogP contribution in [0.5, 0.6) is 0 Å². The monoisotopic (exact) mass is 626 g/mol. The van der Waals surface area contributed by atoms with E-state index in [1.165, 1.54) is 25.7 Å². The van der Waals surface area contributed by atoms with Gasteiger partial charge in [0.15, 0.2) is 0 Å². The molecule has 0 spiro atoms. The molecule has 3 aliphatic heterocycles. The second kappa shape index (κ2) is 13.1. The van der Waals surface area contributed by atoms with E-state index in [0.29, 0.717) is 31.3 Å². The van der Waals surface area contributed by atoms with Crippen molar-refractivity contribution in [1.29, 1.82) is 5.26 Å². The summed E-state index contributed by atoms with van der Waals surface area (Å²) in [5.41, 5.74) is 2.43. The smallest absolute Gasteiger partial charge is 0.145 e. The Morgan fingerprint density at radius 3 is 2.52 bits per heavy atom. The highest BCUT2D eigenvalue weighted by atomic mass is 35.5. The lowest BCUT2D eigenvalue weighted by Crippen LogP contribution is -2.67. The van der Waals surface area contributed by atoms with Crippen molar-refractivity contribution in [3.63, 3.8) is 0 Å². The number of nitrogens with zero attached hydrogens (tertiary/aromatic N) is 7. The molecule has 6 heterocycles. The van der Waals surface area contributed by atoms with Crippen molar-refractivity contribution in [2.24, 2.45) is 0 Å². The molecule has 3 aromatic heterocycles. The summed E-state index contributed by atoms with van der Waals surface area (Å²) in [6.07, 6.45) is 13.1. The average molecular weight is 628 g/mol. The summed E-state index contributed by atoms with van der Waals surface area (Å²) in [4.78, 5) is 11.7. The maximum Gasteiger partial charge on any atom is 0.145 e. The zero-order valence-corrected chi connectivity index (χ0v) is 26.9. The number of hydrogen-bond acceptors (Lipinski definition) is 7. The molecule has 0 amide bonds. The first-order valence-corrected chi connectivity index (χ1v) is 17.3. The lowest BCUT2D eigenvalue weighted by atomic mass is 9.83. The van der Waals surface area contributed by atoms with E-state index in [9.17, 15) is 5.26 Å². The van der Waals surface area contributed by atoms with E-state index in [2.05, 4.69) is 58.2 Å². The van der Waals surface area contributed by atoms with Gasteiger partial charge in [-0.25, -0.2) is 9.97 Å². The van der Waals surface area contributed by atoms with Crippen molar-refractivity contribution >= 4 is 56.3 Å². The van der Waals surface area contributed by atoms with Crippen molar-refractivity contribution in [2.75, 3.05) is 19.7 Å². The molecule has 13 heteroatoms. The lowest BCUT2D eigenvalue weighted by molar-refractivity contribution is -0.0389. The molecule has 3 fully saturated rings. The van der Waals surface area contributed by atoms with Gasteiger partial charge in [0.25, 0.3) is 0 Å². The summed E-state index contributed by atoms with van der Waals surface area (Å²) >= 11 is 0. The first-order valence-electron chi connectivity index (χ1n) is 13.6. The predicted molar refractivity (Wildman–Crippen MR) is 167 cm³/mol. The van der Waals surface area contributed by atoms with Gasteiger partial charge in [0.05, 0.1) is 24.4 Å². The summed E-state index contributed by atoms with van der Waals surface area (Å²) < 4.78 is 10.0. The van der Waals surface area contributed by atoms with Crippen LogP contribution >= 0.6 is 37.2 Å². The topological polar surface area (TPSA) is 96.8 Å². The first-order chi connectivity index (χ1) is 17.8. The quantitative estimate of drug-likeness (QED) is 0.261. The highest BCUT2D eigenvalue weighted by Crippen LogP contribution is 2.39. The Morgan fingerprint density at radius 1 is 1.12 bits per heavy atom. The number of halogens is 3. The molecule has 3 saturated heterocycles. The third-order valence-electron chi connectivity index (χ3n) is 8.49. The Labute approximate surface area is 256 Å². The van der Waals surface area contributed by atoms with Gasteiger partial charge in [-0.1, -0.05) is 19.6 Å². The summed E-state index contributed by atoms with van der Waals surface area (Å²) in [6, 6.07) is 7.61. The Bertz CT molecular complexity index is 1300. The molecule has 1 N–H and O–H groups in total. The molecular weight excluding hydrogens is 587 g/mol. The summed E-state index contributed by atoms with van der Waals surface area (Å²) in [6.45, 7) is 10.1. The summed E-state index contributed by atoms with van der Waals surface area (Å²) in [7, 11) is -1.12. The first kappa shape index (κ1) is 32.8. The highest BCUT2D eigenvalue weighted by Gasteiger charge is 2.49. The van der Waals surface area contributed by atoms with Crippen molar-refractivity contribution in [2.45, 2.75) is 88.2 Å². The van der Waals surface area contributed by atoms with Crippen LogP contribution in [0.1, 0.15) is 32.1 Å². The third-order valence-corrected chi connectivity index (χ3v) is 10.2. The maximum absolute atomic E-state index is 9.67. The van der Waals surface area contributed by atoms with Crippen LogP contribution in [-0.4, -0.2) is 75.1 Å². The summed E-state index contributed by atoms with van der Waals surface area (Å²) in [5.74, 6) is 0. The molecule has 3 aromatic rings. The van der Waals surface area contributed by atoms with Crippen LogP contribution in [0.3, 0.4) is 0 Å². The van der Waals surface area contributed by atoms with Gasteiger partial charge in [-0.05, 0) is 37.8 Å². The molecular formula is C27H41Cl3N8OSi. The number of rotatable bonds is 9. The second-order valence-electron chi connectivity index (χ2n) is 12.5. The molecule has 0 aromatic carbocycles. The van der Waals surface area contributed by atoms with Gasteiger partial charge in [-0.3, -0.25) is 9.58 Å². The Balaban J connectivity index is 0.00000147. The average Bonchev–Trinajstić information content (AvgIpc) is 3.57. The fourth-order valence-electron chi connectivity index (χ4n) is 6.36. The number of likely N-dealkylation sites (tertiary alicyclic amines) is 1. The number of aromatic nitrogens is 5. The van der Waals surface area contributed by atoms with Gasteiger partial charge < -0.3 is 14.6 Å². The van der Waals surface area contributed by atoms with E-state index in [-0.39, 0.29) is 42.8 Å². The van der Waals surface area contributed by atoms with Crippen LogP contribution in [0.15, 0.2) is 31.0 Å². The van der Waals surface area contributed by atoms with Gasteiger partial charge in [0.1, 0.15) is 24.2 Å². The standard InChI is InChI=1S/C27H38N8OSi.3ClH/c1-37(2,3)11-10-36-19-33-9-6-24-25(29-18-30-26(24)33)20-14-31-35(15-20)27(7-8-28)16-34(17-27)23-12-21-4-5-22(13-23)32-21;;;/h6,9,14-15,18,21-23,32H,4-5,7,10-13,16-17,19H2,1-3H3;3*1H. The Kier molecular flexibility index (Phi) is 10.7. The fourth-order valence-corrected chi connectivity index (χ4v) is 7.12. The fraction of sp³-hybridized carbons (Fsp3) is 0.630. The molecule has 3 aliphatic rings. The number of fused-ring (bicyclic) bond motifs is 3. The third kappa shape index (κ3) is 6.51. The van der Waals surface area contributed by atoms with E-state index >= 15 is 0 Å².